The Morgan fingerprint density at radius 3 is 2.95 bits per heavy atom. The number of carbonyl (C=O) groups excluding carboxylic acids is 1. The highest BCUT2D eigenvalue weighted by Crippen LogP contribution is 2.31. The molecule has 19 heavy (non-hydrogen) atoms. The van der Waals surface area contributed by atoms with Gasteiger partial charge < -0.3 is 4.90 Å². The summed E-state index contributed by atoms with van der Waals surface area (Å²) in [5, 5.41) is 6.77. The molecule has 0 spiro atoms. The molecular weight excluding hydrogens is 238 g/mol. The van der Waals surface area contributed by atoms with Crippen LogP contribution in [0.15, 0.2) is 24.4 Å². The molecule has 1 aliphatic heterocycles. The molecule has 2 heterocycles. The first-order valence-electron chi connectivity index (χ1n) is 6.59. The molecule has 4 nitrogen and oxygen atoms in total. The van der Waals surface area contributed by atoms with E-state index in [1.165, 1.54) is 5.56 Å². The lowest BCUT2D eigenvalue weighted by Crippen LogP contribution is -2.36. The number of amides is 1. The second kappa shape index (κ2) is 4.53. The lowest BCUT2D eigenvalue weighted by molar-refractivity contribution is 0.0984. The van der Waals surface area contributed by atoms with Gasteiger partial charge in [-0.15, -0.1) is 0 Å². The smallest absolute Gasteiger partial charge is 0.261 e. The Labute approximate surface area is 112 Å². The fourth-order valence-electron chi connectivity index (χ4n) is 2.76. The van der Waals surface area contributed by atoms with Gasteiger partial charge in [0.25, 0.3) is 5.91 Å². The van der Waals surface area contributed by atoms with E-state index >= 15 is 0 Å². The molecule has 1 aliphatic rings. The molecule has 0 radical (unpaired) electrons. The number of rotatable bonds is 1. The minimum atomic E-state index is 0.0431. The molecule has 98 valence electrons. The van der Waals surface area contributed by atoms with E-state index in [1.807, 2.05) is 11.8 Å². The van der Waals surface area contributed by atoms with E-state index in [-0.39, 0.29) is 5.91 Å². The Balaban J connectivity index is 2.05. The zero-order valence-electron chi connectivity index (χ0n) is 11.2. The average molecular weight is 255 g/mol. The molecule has 1 aromatic carbocycles. The Morgan fingerprint density at radius 2 is 2.21 bits per heavy atom. The van der Waals surface area contributed by atoms with Gasteiger partial charge in [-0.05, 0) is 37.8 Å². The van der Waals surface area contributed by atoms with Crippen LogP contribution in [0, 0.1) is 13.8 Å². The van der Waals surface area contributed by atoms with Crippen LogP contribution in [-0.2, 0) is 6.42 Å². The molecule has 2 aromatic rings. The summed E-state index contributed by atoms with van der Waals surface area (Å²) in [7, 11) is 0. The fourth-order valence-corrected chi connectivity index (χ4v) is 2.76. The Hall–Kier alpha value is -2.10. The van der Waals surface area contributed by atoms with Gasteiger partial charge >= 0.3 is 0 Å². The minimum absolute atomic E-state index is 0.0431. The normalized spacial score (nSPS) is 14.3. The second-order valence-electron chi connectivity index (χ2n) is 5.05. The molecule has 1 aromatic heterocycles. The highest BCUT2D eigenvalue weighted by Gasteiger charge is 2.26. The average Bonchev–Trinajstić information content (AvgIpc) is 2.84. The van der Waals surface area contributed by atoms with Gasteiger partial charge in [0.2, 0.25) is 0 Å². The molecule has 0 unspecified atom stereocenters. The van der Waals surface area contributed by atoms with Crippen molar-refractivity contribution in [2.24, 2.45) is 0 Å². The largest absolute Gasteiger partial charge is 0.308 e. The Bertz CT molecular complexity index is 630. The molecule has 1 N–H and O–H groups in total. The summed E-state index contributed by atoms with van der Waals surface area (Å²) in [6.45, 7) is 4.72. The van der Waals surface area contributed by atoms with Gasteiger partial charge in [0.1, 0.15) is 0 Å². The molecule has 1 amide bonds. The van der Waals surface area contributed by atoms with Gasteiger partial charge in [-0.2, -0.15) is 5.10 Å². The van der Waals surface area contributed by atoms with E-state index in [1.54, 1.807) is 6.20 Å². The van der Waals surface area contributed by atoms with Crippen molar-refractivity contribution in [1.82, 2.24) is 10.2 Å². The first kappa shape index (κ1) is 12.0. The number of hydrogen-bond donors (Lipinski definition) is 1. The number of aromatic nitrogens is 2. The SMILES string of the molecule is Cc1cccc2c1N(C(=O)c1cn[nH]c1C)CCC2. The third-order valence-electron chi connectivity index (χ3n) is 3.72. The highest BCUT2D eigenvalue weighted by molar-refractivity contribution is 6.07. The molecule has 0 bridgehead atoms. The maximum absolute atomic E-state index is 12.7. The van der Waals surface area contributed by atoms with Crippen molar-refractivity contribution in [2.45, 2.75) is 26.7 Å². The lowest BCUT2D eigenvalue weighted by atomic mass is 9.97. The minimum Gasteiger partial charge on any atom is -0.308 e. The lowest BCUT2D eigenvalue weighted by Gasteiger charge is -2.31. The highest BCUT2D eigenvalue weighted by atomic mass is 16.2. The van der Waals surface area contributed by atoms with Gasteiger partial charge in [0, 0.05) is 12.2 Å². The van der Waals surface area contributed by atoms with Crippen molar-refractivity contribution in [2.75, 3.05) is 11.4 Å². The summed E-state index contributed by atoms with van der Waals surface area (Å²) in [6.07, 6.45) is 3.68. The third-order valence-corrected chi connectivity index (χ3v) is 3.72. The number of para-hydroxylation sites is 1. The van der Waals surface area contributed by atoms with E-state index in [0.29, 0.717) is 5.56 Å². The number of benzene rings is 1. The van der Waals surface area contributed by atoms with Crippen LogP contribution in [0.25, 0.3) is 0 Å². The van der Waals surface area contributed by atoms with Crippen LogP contribution in [-0.4, -0.2) is 22.6 Å². The molecule has 0 atom stereocenters. The zero-order chi connectivity index (χ0) is 13.4. The van der Waals surface area contributed by atoms with Crippen LogP contribution >= 0.6 is 0 Å². The molecule has 0 fully saturated rings. The van der Waals surface area contributed by atoms with Crippen molar-refractivity contribution < 1.29 is 4.79 Å². The van der Waals surface area contributed by atoms with Crippen LogP contribution in [0.2, 0.25) is 0 Å². The van der Waals surface area contributed by atoms with Crippen molar-refractivity contribution >= 4 is 11.6 Å². The summed E-state index contributed by atoms with van der Waals surface area (Å²) >= 11 is 0. The summed E-state index contributed by atoms with van der Waals surface area (Å²) in [4.78, 5) is 14.6. The van der Waals surface area contributed by atoms with Crippen LogP contribution in [0.3, 0.4) is 0 Å². The number of aryl methyl sites for hydroxylation is 3. The predicted molar refractivity (Wildman–Crippen MR) is 74.5 cm³/mol. The zero-order valence-corrected chi connectivity index (χ0v) is 11.2. The monoisotopic (exact) mass is 255 g/mol. The number of anilines is 1. The van der Waals surface area contributed by atoms with Crippen molar-refractivity contribution in [3.8, 4) is 0 Å². The quantitative estimate of drug-likeness (QED) is 0.851. The van der Waals surface area contributed by atoms with Gasteiger partial charge in [-0.1, -0.05) is 18.2 Å². The maximum atomic E-state index is 12.7. The number of carbonyl (C=O) groups is 1. The van der Waals surface area contributed by atoms with Gasteiger partial charge in [-0.3, -0.25) is 9.89 Å². The third kappa shape index (κ3) is 1.93. The summed E-state index contributed by atoms with van der Waals surface area (Å²) < 4.78 is 0. The molecule has 0 aliphatic carbocycles. The fraction of sp³-hybridized carbons (Fsp3) is 0.333. The van der Waals surface area contributed by atoms with Crippen molar-refractivity contribution in [3.05, 3.63) is 46.8 Å². The van der Waals surface area contributed by atoms with E-state index in [4.69, 9.17) is 0 Å². The van der Waals surface area contributed by atoms with E-state index in [9.17, 15) is 4.79 Å². The number of hydrogen-bond acceptors (Lipinski definition) is 2. The molecule has 0 saturated heterocycles. The van der Waals surface area contributed by atoms with Crippen LogP contribution in [0.5, 0.6) is 0 Å². The first-order chi connectivity index (χ1) is 9.18. The van der Waals surface area contributed by atoms with Crippen LogP contribution in [0.4, 0.5) is 5.69 Å². The second-order valence-corrected chi connectivity index (χ2v) is 5.05. The number of H-pyrrole nitrogens is 1. The van der Waals surface area contributed by atoms with Crippen LogP contribution in [0.1, 0.15) is 33.6 Å². The number of nitrogens with zero attached hydrogens (tertiary/aromatic N) is 2. The summed E-state index contributed by atoms with van der Waals surface area (Å²) in [5.74, 6) is 0.0431. The number of aromatic amines is 1. The molecule has 0 saturated carbocycles. The number of nitrogens with one attached hydrogen (secondary N) is 1. The van der Waals surface area contributed by atoms with Gasteiger partial charge in [0.15, 0.2) is 0 Å². The molecule has 3 rings (SSSR count). The van der Waals surface area contributed by atoms with E-state index in [2.05, 4.69) is 35.3 Å². The van der Waals surface area contributed by atoms with Gasteiger partial charge in [0.05, 0.1) is 17.4 Å². The summed E-state index contributed by atoms with van der Waals surface area (Å²) in [6, 6.07) is 6.24. The van der Waals surface area contributed by atoms with E-state index < -0.39 is 0 Å². The van der Waals surface area contributed by atoms with Crippen molar-refractivity contribution in [1.29, 1.82) is 0 Å². The van der Waals surface area contributed by atoms with Gasteiger partial charge in [-0.25, -0.2) is 0 Å². The van der Waals surface area contributed by atoms with Crippen LogP contribution < -0.4 is 4.90 Å². The molecular formula is C15H17N3O. The Kier molecular flexibility index (Phi) is 2.85. The first-order valence-corrected chi connectivity index (χ1v) is 6.59. The topological polar surface area (TPSA) is 49.0 Å². The Morgan fingerprint density at radius 1 is 1.37 bits per heavy atom. The summed E-state index contributed by atoms with van der Waals surface area (Å²) in [5.41, 5.74) is 4.99. The molecule has 4 heteroatoms. The maximum Gasteiger partial charge on any atom is 0.261 e. The predicted octanol–water partition coefficient (Wildman–Crippen LogP) is 2.62. The van der Waals surface area contributed by atoms with E-state index in [0.717, 1.165) is 36.3 Å². The van der Waals surface area contributed by atoms with Crippen molar-refractivity contribution in [3.63, 3.8) is 0 Å². The standard InChI is InChI=1S/C15H17N3O/c1-10-5-3-6-12-7-4-8-18(14(10)12)15(19)13-9-16-17-11(13)2/h3,5-6,9H,4,7-8H2,1-2H3,(H,16,17). The number of fused-ring (bicyclic) bond motifs is 1.